The summed E-state index contributed by atoms with van der Waals surface area (Å²) in [6.45, 7) is 3.89. The Balaban J connectivity index is 0.00000145. The lowest BCUT2D eigenvalue weighted by atomic mass is 9.97. The Kier molecular flexibility index (Phi) is 9.50. The van der Waals surface area contributed by atoms with Crippen LogP contribution in [0.4, 0.5) is 0 Å². The first-order chi connectivity index (χ1) is 14.2. The summed E-state index contributed by atoms with van der Waals surface area (Å²) in [7, 11) is 2.90. The number of methoxy groups -OCH3 is 1. The van der Waals surface area contributed by atoms with Crippen LogP contribution in [-0.4, -0.2) is 46.0 Å². The first kappa shape index (κ1) is 22.7. The van der Waals surface area contributed by atoms with Gasteiger partial charge in [-0.1, -0.05) is 18.2 Å². The van der Waals surface area contributed by atoms with E-state index in [-0.39, 0.29) is 5.97 Å². The highest BCUT2D eigenvalue weighted by atomic mass is 16.5. The molecule has 6 nitrogen and oxygen atoms in total. The third-order valence-electron chi connectivity index (χ3n) is 5.02. The van der Waals surface area contributed by atoms with Gasteiger partial charge in [0.25, 0.3) is 0 Å². The van der Waals surface area contributed by atoms with Crippen molar-refractivity contribution in [2.24, 2.45) is 11.7 Å². The number of rotatable bonds is 7. The molecule has 0 amide bonds. The molecule has 0 saturated carbocycles. The van der Waals surface area contributed by atoms with Crippen molar-refractivity contribution >= 4 is 12.2 Å². The number of benzene rings is 2. The summed E-state index contributed by atoms with van der Waals surface area (Å²) in [5.41, 5.74) is 8.89. The zero-order valence-corrected chi connectivity index (χ0v) is 17.3. The summed E-state index contributed by atoms with van der Waals surface area (Å²) in [4.78, 5) is 12.1. The largest absolute Gasteiger partial charge is 0.465 e. The van der Waals surface area contributed by atoms with Crippen molar-refractivity contribution < 1.29 is 9.53 Å². The lowest BCUT2D eigenvalue weighted by molar-refractivity contribution is 0.0600. The number of hydrogen-bond acceptors (Lipinski definition) is 6. The van der Waals surface area contributed by atoms with Crippen LogP contribution in [-0.2, 0) is 11.3 Å². The minimum Gasteiger partial charge on any atom is -0.465 e. The minimum absolute atomic E-state index is 0.334. The van der Waals surface area contributed by atoms with E-state index in [2.05, 4.69) is 22.4 Å². The zero-order valence-electron chi connectivity index (χ0n) is 17.3. The van der Waals surface area contributed by atoms with Gasteiger partial charge in [0, 0.05) is 12.8 Å². The predicted molar refractivity (Wildman–Crippen MR) is 119 cm³/mol. The van der Waals surface area contributed by atoms with E-state index in [1.54, 1.807) is 0 Å². The van der Waals surface area contributed by atoms with Crippen molar-refractivity contribution in [1.29, 1.82) is 5.41 Å². The third-order valence-corrected chi connectivity index (χ3v) is 5.02. The van der Waals surface area contributed by atoms with E-state index in [0.29, 0.717) is 18.0 Å². The first-order valence-electron chi connectivity index (χ1n) is 10.0. The summed E-state index contributed by atoms with van der Waals surface area (Å²) < 4.78 is 4.92. The molecule has 29 heavy (non-hydrogen) atoms. The summed E-state index contributed by atoms with van der Waals surface area (Å²) in [6, 6.07) is 13.6. The fraction of sp³-hybridized carbons (Fsp3) is 0.391. The maximum absolute atomic E-state index is 12.1. The fourth-order valence-electron chi connectivity index (χ4n) is 3.51. The van der Waals surface area contributed by atoms with Crippen LogP contribution >= 0.6 is 0 Å². The summed E-state index contributed by atoms with van der Waals surface area (Å²) in [5.74, 6) is 0.374. The fourth-order valence-corrected chi connectivity index (χ4v) is 3.51. The lowest BCUT2D eigenvalue weighted by Crippen LogP contribution is -2.33. The zero-order chi connectivity index (χ0) is 21.1. The molecular weight excluding hydrogens is 364 g/mol. The van der Waals surface area contributed by atoms with Gasteiger partial charge in [0.2, 0.25) is 0 Å². The Morgan fingerprint density at radius 2 is 1.97 bits per heavy atom. The monoisotopic (exact) mass is 396 g/mol. The molecule has 1 heterocycles. The molecule has 6 heteroatoms. The smallest absolute Gasteiger partial charge is 0.337 e. The highest BCUT2D eigenvalue weighted by Crippen LogP contribution is 2.24. The van der Waals surface area contributed by atoms with Crippen molar-refractivity contribution in [3.63, 3.8) is 0 Å². The van der Waals surface area contributed by atoms with Gasteiger partial charge in [-0.25, -0.2) is 4.79 Å². The van der Waals surface area contributed by atoms with Crippen LogP contribution in [0.15, 0.2) is 42.5 Å². The summed E-state index contributed by atoms with van der Waals surface area (Å²) >= 11 is 0. The number of ether oxygens (including phenoxy) is 1. The quantitative estimate of drug-likeness (QED) is 0.426. The number of esters is 1. The van der Waals surface area contributed by atoms with Gasteiger partial charge >= 0.3 is 5.97 Å². The molecule has 1 aliphatic heterocycles. The number of carbonyl (C=O) groups is 1. The Bertz CT molecular complexity index is 801. The standard InChI is InChI=1S/C22H27N3O2.CH5N/c1-27-22(26)21-11-18(15-25-14-16-5-7-24-8-6-16)10-20(12-21)19-4-2-3-17(9-19)13-23;1-2/h2-4,9-13,16,23-25H,5-8,14-15H2,1H3;2H2,1H3. The Hall–Kier alpha value is -2.54. The van der Waals surface area contributed by atoms with E-state index in [0.717, 1.165) is 41.9 Å². The van der Waals surface area contributed by atoms with Crippen molar-refractivity contribution in [2.45, 2.75) is 19.4 Å². The molecule has 0 aliphatic carbocycles. The van der Waals surface area contributed by atoms with Crippen LogP contribution in [0, 0.1) is 11.3 Å². The molecule has 0 bridgehead atoms. The van der Waals surface area contributed by atoms with Crippen molar-refractivity contribution in [3.05, 3.63) is 59.2 Å². The Labute approximate surface area is 173 Å². The molecule has 5 N–H and O–H groups in total. The molecule has 1 fully saturated rings. The van der Waals surface area contributed by atoms with E-state index in [1.807, 2.05) is 36.4 Å². The van der Waals surface area contributed by atoms with E-state index in [1.165, 1.54) is 33.2 Å². The molecule has 3 rings (SSSR count). The van der Waals surface area contributed by atoms with Crippen molar-refractivity contribution in [1.82, 2.24) is 10.6 Å². The van der Waals surface area contributed by atoms with Gasteiger partial charge in [-0.2, -0.15) is 0 Å². The maximum Gasteiger partial charge on any atom is 0.337 e. The lowest BCUT2D eigenvalue weighted by Gasteiger charge is -2.23. The van der Waals surface area contributed by atoms with E-state index in [4.69, 9.17) is 10.1 Å². The number of hydrogen-bond donors (Lipinski definition) is 4. The van der Waals surface area contributed by atoms with Gasteiger partial charge in [-0.15, -0.1) is 0 Å². The Morgan fingerprint density at radius 3 is 2.66 bits per heavy atom. The number of piperidine rings is 1. The van der Waals surface area contributed by atoms with E-state index < -0.39 is 0 Å². The second-order valence-electron chi connectivity index (χ2n) is 7.00. The highest BCUT2D eigenvalue weighted by Gasteiger charge is 2.13. The second-order valence-corrected chi connectivity index (χ2v) is 7.00. The molecular formula is C23H32N4O2. The second kappa shape index (κ2) is 12.1. The molecule has 0 aromatic heterocycles. The SMILES string of the molecule is CN.COC(=O)c1cc(CNCC2CCNCC2)cc(-c2cccc(C=N)c2)c1. The third kappa shape index (κ3) is 6.78. The van der Waals surface area contributed by atoms with Crippen LogP contribution in [0.5, 0.6) is 0 Å². The molecule has 0 unspecified atom stereocenters. The predicted octanol–water partition coefficient (Wildman–Crippen LogP) is 2.80. The number of nitrogens with one attached hydrogen (secondary N) is 3. The van der Waals surface area contributed by atoms with Crippen LogP contribution in [0.2, 0.25) is 0 Å². The van der Waals surface area contributed by atoms with Crippen LogP contribution in [0.25, 0.3) is 11.1 Å². The van der Waals surface area contributed by atoms with Crippen LogP contribution < -0.4 is 16.4 Å². The van der Waals surface area contributed by atoms with E-state index in [9.17, 15) is 4.79 Å². The van der Waals surface area contributed by atoms with Crippen LogP contribution in [0.1, 0.15) is 34.3 Å². The molecule has 0 spiro atoms. The molecule has 0 radical (unpaired) electrons. The molecule has 156 valence electrons. The normalized spacial score (nSPS) is 13.9. The first-order valence-corrected chi connectivity index (χ1v) is 10.0. The Morgan fingerprint density at radius 1 is 1.21 bits per heavy atom. The minimum atomic E-state index is -0.334. The molecule has 0 atom stereocenters. The summed E-state index contributed by atoms with van der Waals surface area (Å²) in [6.07, 6.45) is 3.74. The number of nitrogens with two attached hydrogens (primary N) is 1. The summed E-state index contributed by atoms with van der Waals surface area (Å²) in [5, 5.41) is 14.4. The molecule has 2 aromatic carbocycles. The molecule has 1 aliphatic rings. The van der Waals surface area contributed by atoms with Gasteiger partial charge in [0.1, 0.15) is 0 Å². The van der Waals surface area contributed by atoms with Gasteiger partial charge in [-0.05, 0) is 92.0 Å². The van der Waals surface area contributed by atoms with Crippen LogP contribution in [0.3, 0.4) is 0 Å². The van der Waals surface area contributed by atoms with Crippen molar-refractivity contribution in [2.75, 3.05) is 33.8 Å². The van der Waals surface area contributed by atoms with Crippen molar-refractivity contribution in [3.8, 4) is 11.1 Å². The topological polar surface area (TPSA) is 100 Å². The van der Waals surface area contributed by atoms with Gasteiger partial charge in [-0.3, -0.25) is 0 Å². The molecule has 1 saturated heterocycles. The van der Waals surface area contributed by atoms with Gasteiger partial charge in [0.05, 0.1) is 12.7 Å². The maximum atomic E-state index is 12.1. The number of carbonyl (C=O) groups excluding carboxylic acids is 1. The highest BCUT2D eigenvalue weighted by molar-refractivity contribution is 5.91. The van der Waals surface area contributed by atoms with E-state index >= 15 is 0 Å². The average Bonchev–Trinajstić information content (AvgIpc) is 2.80. The average molecular weight is 397 g/mol. The molecule has 2 aromatic rings. The van der Waals surface area contributed by atoms with Gasteiger partial charge in [0.15, 0.2) is 0 Å². The van der Waals surface area contributed by atoms with Gasteiger partial charge < -0.3 is 26.5 Å².